The summed E-state index contributed by atoms with van der Waals surface area (Å²) in [7, 11) is 0. The van der Waals surface area contributed by atoms with Crippen molar-refractivity contribution in [3.63, 3.8) is 0 Å². The van der Waals surface area contributed by atoms with Crippen LogP contribution in [-0.2, 0) is 4.79 Å². The number of hydrazone groups is 1. The summed E-state index contributed by atoms with van der Waals surface area (Å²) in [6.45, 7) is 2.03. The molecule has 1 amide bonds. The Morgan fingerprint density at radius 2 is 1.94 bits per heavy atom. The van der Waals surface area contributed by atoms with E-state index in [4.69, 9.17) is 16.0 Å². The van der Waals surface area contributed by atoms with Gasteiger partial charge < -0.3 is 4.42 Å². The molecule has 2 aromatic heterocycles. The molecule has 166 valence electrons. The summed E-state index contributed by atoms with van der Waals surface area (Å²) in [5.74, 6) is 1.25. The second-order valence-corrected chi connectivity index (χ2v) is 8.34. The number of benzene rings is 2. The monoisotopic (exact) mass is 477 g/mol. The Morgan fingerprint density at radius 1 is 1.15 bits per heavy atom. The summed E-state index contributed by atoms with van der Waals surface area (Å²) in [4.78, 5) is 12.3. The highest BCUT2D eigenvalue weighted by Gasteiger charge is 2.17. The molecule has 0 aliphatic carbocycles. The van der Waals surface area contributed by atoms with E-state index in [9.17, 15) is 4.79 Å². The van der Waals surface area contributed by atoms with Crippen molar-refractivity contribution in [1.82, 2.24) is 20.2 Å². The summed E-state index contributed by atoms with van der Waals surface area (Å²) < 4.78 is 7.09. The number of amides is 1. The van der Waals surface area contributed by atoms with Gasteiger partial charge >= 0.3 is 0 Å². The Morgan fingerprint density at radius 3 is 2.67 bits per heavy atom. The molecule has 0 aliphatic heterocycles. The molecule has 0 atom stereocenters. The van der Waals surface area contributed by atoms with E-state index in [1.165, 1.54) is 18.0 Å². The van der Waals surface area contributed by atoms with Crippen LogP contribution in [0.3, 0.4) is 0 Å². The number of aryl methyl sites for hydroxylation is 1. The van der Waals surface area contributed by atoms with Gasteiger partial charge in [0.15, 0.2) is 11.0 Å². The first-order chi connectivity index (χ1) is 16.1. The van der Waals surface area contributed by atoms with E-state index >= 15 is 0 Å². The maximum absolute atomic E-state index is 12.3. The topological polar surface area (TPSA) is 85.3 Å². The molecule has 4 aromatic rings. The van der Waals surface area contributed by atoms with E-state index in [1.54, 1.807) is 24.5 Å². The fourth-order valence-corrected chi connectivity index (χ4v) is 3.78. The Labute approximate surface area is 200 Å². The van der Waals surface area contributed by atoms with E-state index < -0.39 is 0 Å². The van der Waals surface area contributed by atoms with Gasteiger partial charge in [-0.3, -0.25) is 9.36 Å². The number of nitrogens with one attached hydrogen (secondary N) is 1. The first kappa shape index (κ1) is 22.6. The normalized spacial score (nSPS) is 11.5. The molecule has 9 heteroatoms. The number of carbonyl (C=O) groups excluding carboxylic acids is 1. The zero-order chi connectivity index (χ0) is 23.0. The van der Waals surface area contributed by atoms with Crippen molar-refractivity contribution < 1.29 is 9.21 Å². The molecule has 33 heavy (non-hydrogen) atoms. The number of hydrogen-bond donors (Lipinski definition) is 1. The lowest BCUT2D eigenvalue weighted by Crippen LogP contribution is -2.19. The van der Waals surface area contributed by atoms with Crippen LogP contribution in [0.4, 0.5) is 0 Å². The molecule has 0 saturated carbocycles. The van der Waals surface area contributed by atoms with Crippen LogP contribution >= 0.6 is 23.4 Å². The van der Waals surface area contributed by atoms with E-state index in [2.05, 4.69) is 20.7 Å². The van der Waals surface area contributed by atoms with Crippen molar-refractivity contribution in [3.8, 4) is 17.1 Å². The maximum atomic E-state index is 12.3. The fraction of sp³-hybridized carbons (Fsp3) is 0.0833. The largest absolute Gasteiger partial charge is 0.465 e. The van der Waals surface area contributed by atoms with Gasteiger partial charge in [0.2, 0.25) is 0 Å². The zero-order valence-electron chi connectivity index (χ0n) is 17.7. The summed E-state index contributed by atoms with van der Waals surface area (Å²) >= 11 is 7.34. The second-order valence-electron chi connectivity index (χ2n) is 6.96. The molecule has 0 spiro atoms. The van der Waals surface area contributed by atoms with Gasteiger partial charge in [0.05, 0.1) is 12.0 Å². The van der Waals surface area contributed by atoms with Crippen LogP contribution < -0.4 is 5.43 Å². The van der Waals surface area contributed by atoms with Gasteiger partial charge in [-0.05, 0) is 55.5 Å². The van der Waals surface area contributed by atoms with Crippen LogP contribution in [0.25, 0.3) is 23.2 Å². The Balaban J connectivity index is 1.47. The first-order valence-electron chi connectivity index (χ1n) is 10.0. The third-order valence-corrected chi connectivity index (χ3v) is 5.69. The van der Waals surface area contributed by atoms with Crippen molar-refractivity contribution in [2.75, 3.05) is 5.75 Å². The van der Waals surface area contributed by atoms with Crippen molar-refractivity contribution in [1.29, 1.82) is 0 Å². The average molecular weight is 478 g/mol. The van der Waals surface area contributed by atoms with Gasteiger partial charge in [0, 0.05) is 22.5 Å². The van der Waals surface area contributed by atoms with Crippen LogP contribution in [0.2, 0.25) is 5.02 Å². The number of nitrogens with zero attached hydrogens (tertiary/aromatic N) is 4. The predicted molar refractivity (Wildman–Crippen MR) is 132 cm³/mol. The molecule has 0 bridgehead atoms. The summed E-state index contributed by atoms with van der Waals surface area (Å²) in [5.41, 5.74) is 5.43. The Bertz CT molecular complexity index is 1260. The number of halogens is 1. The second kappa shape index (κ2) is 10.8. The molecule has 4 rings (SSSR count). The minimum atomic E-state index is -0.259. The van der Waals surface area contributed by atoms with Crippen LogP contribution in [0.5, 0.6) is 0 Å². The highest BCUT2D eigenvalue weighted by Crippen LogP contribution is 2.28. The first-order valence-corrected chi connectivity index (χ1v) is 11.4. The number of furan rings is 1. The number of carbonyl (C=O) groups is 1. The number of thioether (sulfide) groups is 1. The van der Waals surface area contributed by atoms with Crippen molar-refractivity contribution in [3.05, 3.63) is 89.3 Å². The lowest BCUT2D eigenvalue weighted by molar-refractivity contribution is -0.118. The molecule has 0 radical (unpaired) electrons. The minimum Gasteiger partial charge on any atom is -0.465 e. The fourth-order valence-electron chi connectivity index (χ4n) is 2.91. The van der Waals surface area contributed by atoms with Crippen molar-refractivity contribution in [2.45, 2.75) is 12.1 Å². The lowest BCUT2D eigenvalue weighted by atomic mass is 10.1. The smallest absolute Gasteiger partial charge is 0.250 e. The number of hydrogen-bond acceptors (Lipinski definition) is 6. The predicted octanol–water partition coefficient (Wildman–Crippen LogP) is 5.40. The lowest BCUT2D eigenvalue weighted by Gasteiger charge is -2.10. The zero-order valence-corrected chi connectivity index (χ0v) is 19.3. The number of allylic oxidation sites excluding steroid dienone is 1. The molecule has 7 nitrogen and oxygen atoms in total. The molecule has 0 saturated heterocycles. The molecule has 0 aliphatic rings. The van der Waals surface area contributed by atoms with Crippen LogP contribution in [0.1, 0.15) is 11.3 Å². The van der Waals surface area contributed by atoms with Gasteiger partial charge in [-0.15, -0.1) is 10.2 Å². The van der Waals surface area contributed by atoms with Crippen molar-refractivity contribution >= 4 is 41.6 Å². The standard InChI is InChI=1S/C24H20ClN5O2S/c1-17-6-8-18(9-7-17)23-28-29-24(30(23)20-12-10-19(25)11-13-20)33-16-22(31)27-26-14-2-4-21-5-3-15-32-21/h2-15H,16H2,1H3,(H,27,31)/b4-2+,26-14-. The van der Waals surface area contributed by atoms with Crippen molar-refractivity contribution in [2.24, 2.45) is 5.10 Å². The summed E-state index contributed by atoms with van der Waals surface area (Å²) in [6, 6.07) is 19.1. The SMILES string of the molecule is Cc1ccc(-c2nnc(SCC(=O)N/N=C\C=C\c3ccco3)n2-c2ccc(Cl)cc2)cc1. The highest BCUT2D eigenvalue weighted by molar-refractivity contribution is 7.99. The van der Waals surface area contributed by atoms with Gasteiger partial charge in [-0.1, -0.05) is 53.2 Å². The Kier molecular flexibility index (Phi) is 7.39. The number of rotatable bonds is 8. The Hall–Kier alpha value is -3.62. The van der Waals surface area contributed by atoms with E-state index in [1.807, 2.05) is 66.1 Å². The van der Waals surface area contributed by atoms with Crippen LogP contribution in [0, 0.1) is 6.92 Å². The molecule has 2 aromatic carbocycles. The molecule has 1 N–H and O–H groups in total. The minimum absolute atomic E-state index is 0.124. The summed E-state index contributed by atoms with van der Waals surface area (Å²) in [5, 5.41) is 13.8. The average Bonchev–Trinajstić information content (AvgIpc) is 3.49. The molecule has 2 heterocycles. The van der Waals surface area contributed by atoms with Crippen LogP contribution in [-0.4, -0.2) is 32.6 Å². The van der Waals surface area contributed by atoms with E-state index in [0.29, 0.717) is 21.8 Å². The third kappa shape index (κ3) is 6.00. The van der Waals surface area contributed by atoms with Gasteiger partial charge in [0.1, 0.15) is 5.76 Å². The van der Waals surface area contributed by atoms with E-state index in [0.717, 1.165) is 16.8 Å². The van der Waals surface area contributed by atoms with E-state index in [-0.39, 0.29) is 11.7 Å². The van der Waals surface area contributed by atoms with Crippen LogP contribution in [0.15, 0.2) is 87.7 Å². The number of aromatic nitrogens is 3. The third-order valence-electron chi connectivity index (χ3n) is 4.51. The maximum Gasteiger partial charge on any atom is 0.250 e. The van der Waals surface area contributed by atoms with Gasteiger partial charge in [-0.2, -0.15) is 5.10 Å². The molecule has 0 unspecified atom stereocenters. The highest BCUT2D eigenvalue weighted by atomic mass is 35.5. The summed E-state index contributed by atoms with van der Waals surface area (Å²) in [6.07, 6.45) is 6.49. The molecular formula is C24H20ClN5O2S. The molecule has 0 fully saturated rings. The molecular weight excluding hydrogens is 458 g/mol. The van der Waals surface area contributed by atoms with Gasteiger partial charge in [-0.25, -0.2) is 5.43 Å². The van der Waals surface area contributed by atoms with Gasteiger partial charge in [0.25, 0.3) is 5.91 Å². The quantitative estimate of drug-likeness (QED) is 0.209.